The van der Waals surface area contributed by atoms with Crippen LogP contribution in [0.4, 0.5) is 5.69 Å². The minimum absolute atomic E-state index is 0. The highest BCUT2D eigenvalue weighted by Gasteiger charge is 2.33. The summed E-state index contributed by atoms with van der Waals surface area (Å²) in [6, 6.07) is 65.5. The molecule has 0 aliphatic carbocycles. The zero-order valence-electron chi connectivity index (χ0n) is 72.8. The highest BCUT2D eigenvalue weighted by molar-refractivity contribution is 6.43. The lowest BCUT2D eigenvalue weighted by Gasteiger charge is -2.33. The normalized spacial score (nSPS) is 11.2. The van der Waals surface area contributed by atoms with Crippen molar-refractivity contribution in [3.8, 4) is 34.5 Å². The third-order valence-corrected chi connectivity index (χ3v) is 21.6. The number of ether oxygens (including phenoxy) is 6. The number of carbonyl (C=O) groups excluding carboxylic acids is 6. The monoisotopic (exact) mass is 2180 g/mol. The summed E-state index contributed by atoms with van der Waals surface area (Å²) >= 11 is 30.0. The Hall–Kier alpha value is -7.28. The number of unbranched alkanes of at least 4 members (excludes halogenated alkanes) is 15. The van der Waals surface area contributed by atoms with Crippen molar-refractivity contribution in [1.82, 2.24) is 20.4 Å². The molecule has 9 rings (SSSR count). The van der Waals surface area contributed by atoms with E-state index in [1.54, 1.807) is 127 Å². The van der Waals surface area contributed by atoms with E-state index < -0.39 is 17.9 Å². The molecule has 0 bridgehead atoms. The minimum Gasteiger partial charge on any atom is -1.00 e. The quantitative estimate of drug-likeness (QED) is 0.0108. The van der Waals surface area contributed by atoms with E-state index in [1.165, 1.54) is 22.9 Å². The zero-order chi connectivity index (χ0) is 87.4. The number of nitrogens with zero attached hydrogens (tertiary/aromatic N) is 3. The van der Waals surface area contributed by atoms with Crippen LogP contribution < -0.4 is 121 Å². The number of hydrogen-bond donors (Lipinski definition) is 3. The lowest BCUT2D eigenvalue weighted by Crippen LogP contribution is -3.00. The SMILES string of the molecule is C.C.C.C[N+](C)(C)C(Cc1ccccc1)C(=O)NCCCCCCCCOc1ccc(OC(=O)c2cc(Cl)ccc2Cl)cc1.C[N+](C)(C)C(Cc1ccccc1)C(=O)NCCCCCCCCOc1ccc(OC(=O)c2cccc(Cl)c2)cc1.C[N+](C)(C)c1ccc(CC(=O)NCCCCCCCCOc2ccc(OC(=O)c3cccc(Cl)c3Cl)cc2)cc1.[I-].[I-].[I-]. The number of hydrogen-bond acceptors (Lipinski definition) is 12. The summed E-state index contributed by atoms with van der Waals surface area (Å²) in [5.41, 5.74) is 5.47. The average molecular weight is 2180 g/mol. The molecule has 696 valence electrons. The molecule has 3 amide bonds. The van der Waals surface area contributed by atoms with Crippen LogP contribution in [0.5, 0.6) is 34.5 Å². The molecule has 26 heteroatoms. The van der Waals surface area contributed by atoms with Crippen LogP contribution in [-0.4, -0.2) is 160 Å². The van der Waals surface area contributed by atoms with Crippen molar-refractivity contribution in [2.75, 3.05) is 103 Å². The van der Waals surface area contributed by atoms with Crippen molar-refractivity contribution in [3.63, 3.8) is 0 Å². The Kier molecular flexibility index (Phi) is 59.0. The Morgan fingerprint density at radius 3 is 1.07 bits per heavy atom. The third kappa shape index (κ3) is 46.4. The van der Waals surface area contributed by atoms with Gasteiger partial charge in [-0.1, -0.05) is 242 Å². The number of nitrogens with one attached hydrogen (secondary N) is 3. The number of quaternary nitrogens is 3. The Bertz CT molecular complexity index is 4620. The number of likely N-dealkylation sites (N-methyl/N-ethyl adjacent to an activating group) is 2. The van der Waals surface area contributed by atoms with E-state index in [0.29, 0.717) is 79.6 Å². The van der Waals surface area contributed by atoms with Gasteiger partial charge in [0.05, 0.1) is 121 Å². The maximum Gasteiger partial charge on any atom is 0.345 e. The van der Waals surface area contributed by atoms with Crippen LogP contribution in [0.25, 0.3) is 0 Å². The first kappa shape index (κ1) is 118. The molecule has 0 saturated carbocycles. The van der Waals surface area contributed by atoms with Crippen LogP contribution in [0, 0.1) is 0 Å². The molecule has 2 unspecified atom stereocenters. The fourth-order valence-corrected chi connectivity index (χ4v) is 13.8. The molecule has 0 spiro atoms. The van der Waals surface area contributed by atoms with E-state index in [2.05, 4.69) is 116 Å². The first-order chi connectivity index (χ1) is 58.0. The highest BCUT2D eigenvalue weighted by Crippen LogP contribution is 2.30. The largest absolute Gasteiger partial charge is 1.00 e. The van der Waals surface area contributed by atoms with Gasteiger partial charge < -0.3 is 125 Å². The van der Waals surface area contributed by atoms with Crippen LogP contribution in [0.2, 0.25) is 25.1 Å². The van der Waals surface area contributed by atoms with Gasteiger partial charge in [-0.15, -0.1) is 0 Å². The van der Waals surface area contributed by atoms with E-state index in [1.807, 2.05) is 48.5 Å². The summed E-state index contributed by atoms with van der Waals surface area (Å²) in [4.78, 5) is 74.9. The fourth-order valence-electron chi connectivity index (χ4n) is 12.9. The van der Waals surface area contributed by atoms with Gasteiger partial charge in [-0.3, -0.25) is 18.9 Å². The first-order valence-corrected chi connectivity index (χ1v) is 43.8. The molecule has 18 nitrogen and oxygen atoms in total. The van der Waals surface area contributed by atoms with Crippen molar-refractivity contribution >= 4 is 99.3 Å². The van der Waals surface area contributed by atoms with Gasteiger partial charge in [-0.2, -0.15) is 0 Å². The Balaban J connectivity index is 0.000000931. The van der Waals surface area contributed by atoms with Gasteiger partial charge in [-0.25, -0.2) is 14.4 Å². The Morgan fingerprint density at radius 1 is 0.323 bits per heavy atom. The number of benzene rings is 9. The van der Waals surface area contributed by atoms with Gasteiger partial charge >= 0.3 is 17.9 Å². The molecular formula is C101H134Cl5I3N6O12. The van der Waals surface area contributed by atoms with Crippen LogP contribution >= 0.6 is 58.0 Å². The van der Waals surface area contributed by atoms with Crippen LogP contribution in [-0.2, 0) is 33.6 Å². The standard InChI is InChI=1S/C33H40Cl2N2O4.C33H41ClN2O4.C32H38Cl2N2O4.3CH4.3HI/c1-37(2,3)31(23-25-13-9-8-10-14-25)32(38)36-21-11-6-4-5-7-12-22-40-27-16-18-28(19-17-27)41-33(39)29-24-26(34)15-20-30(29)35;1-36(2,3)31(24-26-14-9-8-10-15-26)32(37)35-22-11-6-4-5-7-12-23-39-29-18-20-30(21-19-29)40-33(38)27-16-13-17-28(34)25-27;1-36(2,3)25-15-13-24(14-16-25)23-30(37)35-21-8-6-4-5-7-9-22-39-26-17-19-27(20-18-26)40-32(38)28-11-10-12-29(33)31(28)34;;;;;;/h8-10,13-20,24,31H,4-7,11-12,21-23H2,1-3H3;8-10,13-21,25,31H,4-7,11-12,22-24H2,1-3H3;10-20H,4-9,21-23H2,1-3H3;3*1H4;3*1H. The van der Waals surface area contributed by atoms with Gasteiger partial charge in [0.25, 0.3) is 11.8 Å². The van der Waals surface area contributed by atoms with Gasteiger partial charge in [0, 0.05) is 42.5 Å². The lowest BCUT2D eigenvalue weighted by molar-refractivity contribution is -0.886. The summed E-state index contributed by atoms with van der Waals surface area (Å²) < 4.78 is 35.6. The first-order valence-electron chi connectivity index (χ1n) is 41.9. The summed E-state index contributed by atoms with van der Waals surface area (Å²) in [5, 5.41) is 11.0. The molecule has 2 atom stereocenters. The number of halogens is 8. The van der Waals surface area contributed by atoms with E-state index in [-0.39, 0.29) is 145 Å². The van der Waals surface area contributed by atoms with Crippen LogP contribution in [0.15, 0.2) is 218 Å². The Morgan fingerprint density at radius 2 is 0.677 bits per heavy atom. The van der Waals surface area contributed by atoms with Gasteiger partial charge in [0.15, 0.2) is 12.1 Å². The van der Waals surface area contributed by atoms with Crippen LogP contribution in [0.1, 0.15) is 186 Å². The molecule has 9 aromatic rings. The average Bonchev–Trinajstić information content (AvgIpc) is 0.860. The molecule has 0 fully saturated rings. The second-order valence-corrected chi connectivity index (χ2v) is 34.7. The molecule has 0 heterocycles. The van der Waals surface area contributed by atoms with Gasteiger partial charge in [-0.05, 0) is 189 Å². The lowest BCUT2D eigenvalue weighted by atomic mass is 10.0. The predicted octanol–water partition coefficient (Wildman–Crippen LogP) is 14.5. The Labute approximate surface area is 833 Å². The van der Waals surface area contributed by atoms with Crippen molar-refractivity contribution in [1.29, 1.82) is 0 Å². The van der Waals surface area contributed by atoms with Gasteiger partial charge in [0.1, 0.15) is 40.2 Å². The van der Waals surface area contributed by atoms with Crippen molar-refractivity contribution in [2.24, 2.45) is 0 Å². The number of esters is 3. The second kappa shape index (κ2) is 63.7. The van der Waals surface area contributed by atoms with Crippen molar-refractivity contribution in [2.45, 2.75) is 169 Å². The van der Waals surface area contributed by atoms with Crippen molar-refractivity contribution < 1.29 is 138 Å². The maximum absolute atomic E-state index is 12.9. The highest BCUT2D eigenvalue weighted by atomic mass is 127. The number of rotatable bonds is 47. The molecule has 127 heavy (non-hydrogen) atoms. The molecule has 0 radical (unpaired) electrons. The molecule has 0 aromatic heterocycles. The number of amides is 3. The topological polar surface area (TPSA) is 194 Å². The molecule has 3 N–H and O–H groups in total. The second-order valence-electron chi connectivity index (χ2n) is 32.7. The third-order valence-electron chi connectivity index (χ3n) is 20.0. The van der Waals surface area contributed by atoms with E-state index in [4.69, 9.17) is 86.4 Å². The smallest absolute Gasteiger partial charge is 0.345 e. The molecule has 0 saturated heterocycles. The van der Waals surface area contributed by atoms with Crippen LogP contribution in [0.3, 0.4) is 0 Å². The molecule has 0 aliphatic heterocycles. The molecular weight excluding hydrogens is 2050 g/mol. The molecule has 9 aromatic carbocycles. The van der Waals surface area contributed by atoms with E-state index in [0.717, 1.165) is 169 Å². The summed E-state index contributed by atoms with van der Waals surface area (Å²) in [6.07, 6.45) is 21.2. The predicted molar refractivity (Wildman–Crippen MR) is 511 cm³/mol. The summed E-state index contributed by atoms with van der Waals surface area (Å²) in [6.45, 7) is 4.05. The van der Waals surface area contributed by atoms with Gasteiger partial charge in [0.2, 0.25) is 5.91 Å². The van der Waals surface area contributed by atoms with Crippen molar-refractivity contribution in [3.05, 3.63) is 277 Å². The van der Waals surface area contributed by atoms with E-state index >= 15 is 0 Å². The molecule has 0 aliphatic rings. The fraction of sp³-hybridized carbons (Fsp3) is 0.406. The van der Waals surface area contributed by atoms with E-state index in [9.17, 15) is 28.8 Å². The summed E-state index contributed by atoms with van der Waals surface area (Å²) in [5.74, 6) is 2.20. The summed E-state index contributed by atoms with van der Waals surface area (Å²) in [7, 11) is 18.8. The minimum atomic E-state index is -0.565. The zero-order valence-corrected chi connectivity index (χ0v) is 83.0. The maximum atomic E-state index is 12.9. The number of carbonyl (C=O) groups is 6.